The number of aryl methyl sites for hydroxylation is 3. The van der Waals surface area contributed by atoms with Gasteiger partial charge in [-0.3, -0.25) is 18.8 Å². The van der Waals surface area contributed by atoms with Crippen LogP contribution in [0.2, 0.25) is 0 Å². The second kappa shape index (κ2) is 8.60. The van der Waals surface area contributed by atoms with Gasteiger partial charge in [0.25, 0.3) is 5.56 Å². The molecule has 2 heterocycles. The van der Waals surface area contributed by atoms with E-state index >= 15 is 0 Å². The predicted molar refractivity (Wildman–Crippen MR) is 112 cm³/mol. The molecule has 0 spiro atoms. The van der Waals surface area contributed by atoms with Crippen molar-refractivity contribution in [3.05, 3.63) is 51.4 Å². The molecule has 0 unspecified atom stereocenters. The SMILES string of the molecule is CCn1c(SCC(=O)NCc2ccc(C)cc2)nc2c(C)nn(CC)c2c1=O. The standard InChI is InChI=1S/C20H25N5O2S/c1-5-24-19(27)18-17(14(4)23-25(18)6-2)22-20(24)28-12-16(26)21-11-15-9-7-13(3)8-10-15/h7-10H,5-6,11-12H2,1-4H3,(H,21,26). The van der Waals surface area contributed by atoms with Crippen molar-refractivity contribution < 1.29 is 4.79 Å². The zero-order valence-electron chi connectivity index (χ0n) is 16.7. The van der Waals surface area contributed by atoms with Crippen molar-refractivity contribution in [2.45, 2.75) is 52.5 Å². The first kappa shape index (κ1) is 20.1. The van der Waals surface area contributed by atoms with E-state index in [1.165, 1.54) is 17.3 Å². The molecule has 0 aliphatic rings. The van der Waals surface area contributed by atoms with Crippen molar-refractivity contribution in [3.63, 3.8) is 0 Å². The molecular weight excluding hydrogens is 374 g/mol. The van der Waals surface area contributed by atoms with Crippen molar-refractivity contribution in [2.75, 3.05) is 5.75 Å². The van der Waals surface area contributed by atoms with Crippen LogP contribution >= 0.6 is 11.8 Å². The van der Waals surface area contributed by atoms with E-state index in [0.717, 1.165) is 11.3 Å². The fraction of sp³-hybridized carbons (Fsp3) is 0.400. The Labute approximate surface area is 168 Å². The minimum atomic E-state index is -0.113. The number of hydrogen-bond donors (Lipinski definition) is 1. The lowest BCUT2D eigenvalue weighted by atomic mass is 10.1. The molecule has 1 amide bonds. The Morgan fingerprint density at radius 1 is 1.14 bits per heavy atom. The molecule has 28 heavy (non-hydrogen) atoms. The van der Waals surface area contributed by atoms with Crippen molar-refractivity contribution in [2.24, 2.45) is 0 Å². The van der Waals surface area contributed by atoms with Crippen LogP contribution in [0.5, 0.6) is 0 Å². The highest BCUT2D eigenvalue weighted by molar-refractivity contribution is 7.99. The number of aromatic nitrogens is 4. The normalized spacial score (nSPS) is 11.1. The zero-order valence-corrected chi connectivity index (χ0v) is 17.5. The molecule has 0 saturated carbocycles. The van der Waals surface area contributed by atoms with Gasteiger partial charge in [0.15, 0.2) is 10.7 Å². The zero-order chi connectivity index (χ0) is 20.3. The van der Waals surface area contributed by atoms with Gasteiger partial charge in [0.2, 0.25) is 5.91 Å². The Balaban J connectivity index is 1.74. The summed E-state index contributed by atoms with van der Waals surface area (Å²) in [6, 6.07) is 8.05. The Bertz CT molecular complexity index is 1050. The van der Waals surface area contributed by atoms with Crippen molar-refractivity contribution in [3.8, 4) is 0 Å². The van der Waals surface area contributed by atoms with Gasteiger partial charge >= 0.3 is 0 Å². The number of thioether (sulfide) groups is 1. The lowest BCUT2D eigenvalue weighted by Crippen LogP contribution is -2.27. The number of amides is 1. The molecule has 8 heteroatoms. The fourth-order valence-corrected chi connectivity index (χ4v) is 3.88. The van der Waals surface area contributed by atoms with E-state index in [4.69, 9.17) is 0 Å². The van der Waals surface area contributed by atoms with Crippen LogP contribution in [0.15, 0.2) is 34.2 Å². The quantitative estimate of drug-likeness (QED) is 0.488. The third-order valence-corrected chi connectivity index (χ3v) is 5.52. The smallest absolute Gasteiger partial charge is 0.280 e. The van der Waals surface area contributed by atoms with E-state index in [0.29, 0.717) is 35.8 Å². The van der Waals surface area contributed by atoms with Crippen molar-refractivity contribution in [1.29, 1.82) is 0 Å². The van der Waals surface area contributed by atoms with Crippen molar-refractivity contribution in [1.82, 2.24) is 24.6 Å². The summed E-state index contributed by atoms with van der Waals surface area (Å²) in [5.74, 6) is 0.105. The molecule has 0 bridgehead atoms. The highest BCUT2D eigenvalue weighted by atomic mass is 32.2. The van der Waals surface area contributed by atoms with Crippen LogP contribution in [0.3, 0.4) is 0 Å². The van der Waals surface area contributed by atoms with Gasteiger partial charge in [0, 0.05) is 19.6 Å². The van der Waals surface area contributed by atoms with Crippen molar-refractivity contribution >= 4 is 28.7 Å². The van der Waals surface area contributed by atoms with Gasteiger partial charge in [-0.05, 0) is 33.3 Å². The third kappa shape index (κ3) is 4.11. The predicted octanol–water partition coefficient (Wildman–Crippen LogP) is 2.66. The molecule has 148 valence electrons. The second-order valence-electron chi connectivity index (χ2n) is 6.59. The highest BCUT2D eigenvalue weighted by Crippen LogP contribution is 2.19. The summed E-state index contributed by atoms with van der Waals surface area (Å²) in [5.41, 5.74) is 3.98. The first-order chi connectivity index (χ1) is 13.4. The molecule has 0 atom stereocenters. The van der Waals surface area contributed by atoms with E-state index in [9.17, 15) is 9.59 Å². The van der Waals surface area contributed by atoms with Gasteiger partial charge < -0.3 is 5.32 Å². The number of nitrogens with one attached hydrogen (secondary N) is 1. The summed E-state index contributed by atoms with van der Waals surface area (Å²) < 4.78 is 3.29. The molecule has 1 N–H and O–H groups in total. The average molecular weight is 400 g/mol. The van der Waals surface area contributed by atoms with Crippen LogP contribution in [-0.2, 0) is 24.4 Å². The van der Waals surface area contributed by atoms with Crippen LogP contribution in [0, 0.1) is 13.8 Å². The first-order valence-electron chi connectivity index (χ1n) is 9.37. The number of nitrogens with zero attached hydrogens (tertiary/aromatic N) is 4. The Kier molecular flexibility index (Phi) is 6.18. The lowest BCUT2D eigenvalue weighted by Gasteiger charge is -2.11. The third-order valence-electron chi connectivity index (χ3n) is 4.54. The van der Waals surface area contributed by atoms with Gasteiger partial charge in [-0.1, -0.05) is 41.6 Å². The Morgan fingerprint density at radius 3 is 2.50 bits per heavy atom. The number of benzene rings is 1. The Morgan fingerprint density at radius 2 is 1.86 bits per heavy atom. The molecule has 0 aliphatic heterocycles. The summed E-state index contributed by atoms with van der Waals surface area (Å²) in [5, 5.41) is 7.86. The van der Waals surface area contributed by atoms with E-state index < -0.39 is 0 Å². The van der Waals surface area contributed by atoms with Crippen LogP contribution in [-0.4, -0.2) is 31.0 Å². The number of hydrogen-bond acceptors (Lipinski definition) is 5. The van der Waals surface area contributed by atoms with Gasteiger partial charge in [0.05, 0.1) is 11.4 Å². The monoisotopic (exact) mass is 399 g/mol. The number of carbonyl (C=O) groups excluding carboxylic acids is 1. The van der Waals surface area contributed by atoms with Crippen LogP contribution in [0.25, 0.3) is 11.0 Å². The van der Waals surface area contributed by atoms with Crippen LogP contribution in [0.1, 0.15) is 30.7 Å². The summed E-state index contributed by atoms with van der Waals surface area (Å²) >= 11 is 1.27. The molecule has 0 radical (unpaired) electrons. The minimum Gasteiger partial charge on any atom is -0.351 e. The summed E-state index contributed by atoms with van der Waals surface area (Å²) in [4.78, 5) is 29.8. The summed E-state index contributed by atoms with van der Waals surface area (Å²) in [7, 11) is 0. The van der Waals surface area contributed by atoms with Gasteiger partial charge in [0.1, 0.15) is 5.52 Å². The maximum Gasteiger partial charge on any atom is 0.280 e. The van der Waals surface area contributed by atoms with Crippen LogP contribution in [0.4, 0.5) is 0 Å². The summed E-state index contributed by atoms with van der Waals surface area (Å²) in [6.07, 6.45) is 0. The van der Waals surface area contributed by atoms with Gasteiger partial charge in [-0.2, -0.15) is 5.10 Å². The van der Waals surface area contributed by atoms with Gasteiger partial charge in [-0.15, -0.1) is 0 Å². The second-order valence-corrected chi connectivity index (χ2v) is 7.54. The topological polar surface area (TPSA) is 81.8 Å². The molecular formula is C20H25N5O2S. The molecule has 1 aromatic carbocycles. The largest absolute Gasteiger partial charge is 0.351 e. The lowest BCUT2D eigenvalue weighted by molar-refractivity contribution is -0.118. The van der Waals surface area contributed by atoms with E-state index in [-0.39, 0.29) is 17.2 Å². The van der Waals surface area contributed by atoms with E-state index in [2.05, 4.69) is 15.4 Å². The molecule has 0 saturated heterocycles. The molecule has 7 nitrogen and oxygen atoms in total. The average Bonchev–Trinajstić information content (AvgIpc) is 3.02. The number of fused-ring (bicyclic) bond motifs is 1. The molecule has 2 aromatic heterocycles. The maximum atomic E-state index is 12.9. The molecule has 3 aromatic rings. The van der Waals surface area contributed by atoms with E-state index in [1.807, 2.05) is 52.0 Å². The fourth-order valence-electron chi connectivity index (χ4n) is 2.99. The Hall–Kier alpha value is -2.61. The maximum absolute atomic E-state index is 12.9. The minimum absolute atomic E-state index is 0.0939. The summed E-state index contributed by atoms with van der Waals surface area (Å²) in [6.45, 7) is 9.30. The first-order valence-corrected chi connectivity index (χ1v) is 10.4. The highest BCUT2D eigenvalue weighted by Gasteiger charge is 2.18. The van der Waals surface area contributed by atoms with Crippen LogP contribution < -0.4 is 10.9 Å². The molecule has 3 rings (SSSR count). The number of carbonyl (C=O) groups is 1. The van der Waals surface area contributed by atoms with E-state index in [1.54, 1.807) is 9.25 Å². The number of rotatable bonds is 7. The molecule has 0 fully saturated rings. The molecule has 0 aliphatic carbocycles. The van der Waals surface area contributed by atoms with Gasteiger partial charge in [-0.25, -0.2) is 4.98 Å².